The van der Waals surface area contributed by atoms with Crippen LogP contribution >= 0.6 is 22.6 Å². The second-order valence-corrected chi connectivity index (χ2v) is 14.7. The average molecular weight is 903 g/mol. The zero-order valence-electron chi connectivity index (χ0n) is 32.0. The van der Waals surface area contributed by atoms with E-state index >= 15 is 0 Å². The highest BCUT2D eigenvalue weighted by Crippen LogP contribution is 2.48. The van der Waals surface area contributed by atoms with Crippen molar-refractivity contribution in [2.24, 2.45) is 0 Å². The van der Waals surface area contributed by atoms with Crippen LogP contribution in [0.15, 0.2) is 140 Å². The molecule has 3 atom stereocenters. The van der Waals surface area contributed by atoms with Crippen LogP contribution < -0.4 is 20.1 Å². The van der Waals surface area contributed by atoms with Gasteiger partial charge in [-0.15, -0.1) is 0 Å². The lowest BCUT2D eigenvalue weighted by molar-refractivity contribution is -0.0954. The molecular weight excluding hydrogens is 863 g/mol. The minimum atomic E-state index is -1.23. The van der Waals surface area contributed by atoms with Gasteiger partial charge in [0, 0.05) is 23.1 Å². The number of para-hydroxylation sites is 1. The summed E-state index contributed by atoms with van der Waals surface area (Å²) in [6, 6.07) is 42.6. The van der Waals surface area contributed by atoms with Gasteiger partial charge in [-0.2, -0.15) is 15.1 Å². The normalized spacial score (nSPS) is 16.4. The highest BCUT2D eigenvalue weighted by atomic mass is 127. The number of carbonyl (C=O) groups is 2. The molecule has 59 heavy (non-hydrogen) atoms. The molecule has 13 nitrogen and oxygen atoms in total. The summed E-state index contributed by atoms with van der Waals surface area (Å²) < 4.78 is 27.4. The smallest absolute Gasteiger partial charge is 0.258 e. The molecule has 0 saturated carbocycles. The Morgan fingerprint density at radius 1 is 0.780 bits per heavy atom. The van der Waals surface area contributed by atoms with Gasteiger partial charge in [0.2, 0.25) is 5.95 Å². The summed E-state index contributed by atoms with van der Waals surface area (Å²) >= 11 is 2.05. The first-order chi connectivity index (χ1) is 28.8. The lowest BCUT2D eigenvalue weighted by atomic mass is 9.79. The Bertz CT molecular complexity index is 2540. The van der Waals surface area contributed by atoms with Crippen LogP contribution in [0.25, 0.3) is 11.0 Å². The number of carbonyl (C=O) groups excluding carboxylic acids is 2. The van der Waals surface area contributed by atoms with Gasteiger partial charge in [0.1, 0.15) is 15.4 Å². The number of nitrogens with one attached hydrogen (secondary N) is 2. The zero-order chi connectivity index (χ0) is 40.9. The van der Waals surface area contributed by atoms with Crippen molar-refractivity contribution in [3.05, 3.63) is 171 Å². The monoisotopic (exact) mass is 902 g/mol. The fourth-order valence-corrected chi connectivity index (χ4v) is 8.06. The number of aromatic nitrogens is 4. The highest BCUT2D eigenvalue weighted by Gasteiger charge is 2.44. The molecular formula is C45H39IN6O7. The molecule has 2 amide bonds. The summed E-state index contributed by atoms with van der Waals surface area (Å²) in [6.07, 6.45) is -2.49. The molecule has 14 heteroatoms. The van der Waals surface area contributed by atoms with Crippen LogP contribution in [0.3, 0.4) is 0 Å². The van der Waals surface area contributed by atoms with Gasteiger partial charge < -0.3 is 29.4 Å². The van der Waals surface area contributed by atoms with E-state index in [4.69, 9.17) is 29.0 Å². The minimum Gasteiger partial charge on any atom is -0.493 e. The van der Waals surface area contributed by atoms with Crippen LogP contribution in [0.4, 0.5) is 11.8 Å². The lowest BCUT2D eigenvalue weighted by Gasteiger charge is -2.37. The lowest BCUT2D eigenvalue weighted by Crippen LogP contribution is -2.38. The van der Waals surface area contributed by atoms with Crippen molar-refractivity contribution in [1.82, 2.24) is 19.7 Å². The van der Waals surface area contributed by atoms with E-state index in [1.54, 1.807) is 67.4 Å². The van der Waals surface area contributed by atoms with Gasteiger partial charge in [0.25, 0.3) is 11.8 Å². The Morgan fingerprint density at radius 3 is 1.93 bits per heavy atom. The Labute approximate surface area is 353 Å². The van der Waals surface area contributed by atoms with E-state index in [-0.39, 0.29) is 30.4 Å². The van der Waals surface area contributed by atoms with Crippen molar-refractivity contribution >= 4 is 57.2 Å². The highest BCUT2D eigenvalue weighted by molar-refractivity contribution is 14.1. The third-order valence-corrected chi connectivity index (χ3v) is 10.9. The van der Waals surface area contributed by atoms with E-state index in [9.17, 15) is 14.7 Å². The van der Waals surface area contributed by atoms with E-state index in [0.29, 0.717) is 37.3 Å². The first-order valence-electron chi connectivity index (χ1n) is 18.8. The number of aliphatic hydroxyl groups is 1. The molecule has 0 radical (unpaired) electrons. The fraction of sp³-hybridized carbons (Fsp3) is 0.178. The Morgan fingerprint density at radius 2 is 1.36 bits per heavy atom. The Kier molecular flexibility index (Phi) is 11.6. The summed E-state index contributed by atoms with van der Waals surface area (Å²) in [5.74, 6) is 0.257. The maximum Gasteiger partial charge on any atom is 0.258 e. The van der Waals surface area contributed by atoms with Crippen molar-refractivity contribution in [1.29, 1.82) is 0 Å². The van der Waals surface area contributed by atoms with Crippen molar-refractivity contribution < 1.29 is 33.6 Å². The first-order valence-corrected chi connectivity index (χ1v) is 19.9. The molecule has 298 valence electrons. The van der Waals surface area contributed by atoms with Crippen molar-refractivity contribution in [2.75, 3.05) is 31.5 Å². The number of benzene rings is 5. The van der Waals surface area contributed by atoms with Crippen LogP contribution in [0.5, 0.6) is 11.5 Å². The van der Waals surface area contributed by atoms with Crippen LogP contribution in [-0.2, 0) is 15.1 Å². The van der Waals surface area contributed by atoms with E-state index in [2.05, 4.69) is 38.2 Å². The Balaban J connectivity index is 1.16. The molecule has 0 aliphatic carbocycles. The topological polar surface area (TPSA) is 159 Å². The molecule has 8 rings (SSSR count). The van der Waals surface area contributed by atoms with E-state index in [1.165, 1.54) is 0 Å². The molecule has 0 unspecified atom stereocenters. The van der Waals surface area contributed by atoms with E-state index < -0.39 is 35.9 Å². The van der Waals surface area contributed by atoms with E-state index in [1.807, 2.05) is 91.0 Å². The third kappa shape index (κ3) is 7.87. The van der Waals surface area contributed by atoms with Crippen LogP contribution in [0.2, 0.25) is 0 Å². The van der Waals surface area contributed by atoms with Gasteiger partial charge in [-0.05, 0) is 64.0 Å². The molecule has 7 aromatic rings. The molecule has 1 aliphatic heterocycles. The number of amides is 2. The summed E-state index contributed by atoms with van der Waals surface area (Å²) in [7, 11) is 3.18. The van der Waals surface area contributed by atoms with Gasteiger partial charge in [0.15, 0.2) is 29.2 Å². The molecule has 1 aliphatic rings. The number of methoxy groups -OCH3 is 2. The summed E-state index contributed by atoms with van der Waals surface area (Å²) in [5.41, 5.74) is 2.19. The summed E-state index contributed by atoms with van der Waals surface area (Å²) in [4.78, 5) is 36.0. The number of hydrogen-bond acceptors (Lipinski definition) is 10. The van der Waals surface area contributed by atoms with Crippen LogP contribution in [0.1, 0.15) is 50.1 Å². The van der Waals surface area contributed by atoms with Crippen molar-refractivity contribution in [3.8, 4) is 11.5 Å². The molecule has 5 aromatic carbocycles. The average Bonchev–Trinajstić information content (AvgIpc) is 3.82. The number of nitrogens with zero attached hydrogens (tertiary/aromatic N) is 4. The largest absolute Gasteiger partial charge is 0.493 e. The quantitative estimate of drug-likeness (QED) is 0.0777. The number of rotatable bonds is 13. The van der Waals surface area contributed by atoms with Gasteiger partial charge in [-0.25, -0.2) is 4.68 Å². The SMILES string of the molecule is COc1cccc(C(OC[C@H]2O[C@@H](n3nc(I)c4c(NC(=O)c5ccccc5)nc(NC(=O)c5ccccc5)nc43)C[C@@H]2O)(c2ccccc2)c2ccccc2)c1OC. The zero-order valence-corrected chi connectivity index (χ0v) is 34.1. The number of halogens is 1. The minimum absolute atomic E-state index is 0.0517. The van der Waals surface area contributed by atoms with Crippen molar-refractivity contribution in [2.45, 2.75) is 30.5 Å². The number of anilines is 2. The van der Waals surface area contributed by atoms with Gasteiger partial charge in [-0.3, -0.25) is 14.9 Å². The molecule has 0 bridgehead atoms. The van der Waals surface area contributed by atoms with Gasteiger partial charge in [0.05, 0.1) is 32.3 Å². The molecule has 1 saturated heterocycles. The summed E-state index contributed by atoms with van der Waals surface area (Å²) in [5, 5.41) is 22.5. The van der Waals surface area contributed by atoms with Gasteiger partial charge >= 0.3 is 0 Å². The molecule has 3 N–H and O–H groups in total. The van der Waals surface area contributed by atoms with Crippen LogP contribution in [0, 0.1) is 3.70 Å². The number of fused-ring (bicyclic) bond motifs is 1. The number of hydrogen-bond donors (Lipinski definition) is 3. The van der Waals surface area contributed by atoms with E-state index in [0.717, 1.165) is 11.1 Å². The summed E-state index contributed by atoms with van der Waals surface area (Å²) in [6.45, 7) is -0.0517. The van der Waals surface area contributed by atoms with Crippen molar-refractivity contribution in [3.63, 3.8) is 0 Å². The maximum atomic E-state index is 13.4. The molecule has 3 heterocycles. The number of aliphatic hydroxyl groups excluding tert-OH is 1. The Hall–Kier alpha value is -6.20. The molecule has 0 spiro atoms. The maximum absolute atomic E-state index is 13.4. The molecule has 1 fully saturated rings. The standard InChI is InChI=1S/C45H39IN6O7/c1-56-34-25-15-24-32(38(34)57-2)45(30-20-11-5-12-21-30,31-22-13-6-14-23-31)58-27-35-33(53)26-36(59-35)52-41-37(39(46)51-52)40(47-42(54)28-16-7-3-8-17-28)48-44(49-41)50-43(55)29-18-9-4-10-19-29/h3-25,33,35-36,53H,26-27H2,1-2H3,(H2,47,48,49,50,54,55)/t33-,35+,36+/m0/s1. The third-order valence-electron chi connectivity index (χ3n) is 10.1. The second-order valence-electron chi connectivity index (χ2n) is 13.7. The number of ether oxygens (including phenoxy) is 4. The fourth-order valence-electron chi connectivity index (χ4n) is 7.33. The van der Waals surface area contributed by atoms with Crippen LogP contribution in [-0.4, -0.2) is 69.7 Å². The predicted molar refractivity (Wildman–Crippen MR) is 230 cm³/mol. The van der Waals surface area contributed by atoms with Gasteiger partial charge in [-0.1, -0.05) is 109 Å². The first kappa shape index (κ1) is 39.6. The second kappa shape index (κ2) is 17.3. The predicted octanol–water partition coefficient (Wildman–Crippen LogP) is 7.61. The molecule has 2 aromatic heterocycles.